The van der Waals surface area contributed by atoms with Crippen molar-refractivity contribution in [2.45, 2.75) is 23.7 Å². The monoisotopic (exact) mass is 374 g/mol. The molecular formula is C13H15BrN2O2S2. The molecule has 1 atom stereocenters. The van der Waals surface area contributed by atoms with Gasteiger partial charge in [-0.3, -0.25) is 0 Å². The fourth-order valence-corrected chi connectivity index (χ4v) is 4.47. The van der Waals surface area contributed by atoms with Crippen LogP contribution in [0.3, 0.4) is 0 Å². The van der Waals surface area contributed by atoms with Gasteiger partial charge in [0.05, 0.1) is 0 Å². The van der Waals surface area contributed by atoms with E-state index in [1.807, 2.05) is 31.2 Å². The first kappa shape index (κ1) is 15.7. The number of hydrogen-bond acceptors (Lipinski definition) is 4. The Morgan fingerprint density at radius 2 is 1.90 bits per heavy atom. The molecule has 0 aliphatic heterocycles. The number of hydrogen-bond donors (Lipinski definition) is 2. The van der Waals surface area contributed by atoms with Gasteiger partial charge in [0.25, 0.3) is 10.0 Å². The summed E-state index contributed by atoms with van der Waals surface area (Å²) in [6, 6.07) is 10.6. The van der Waals surface area contributed by atoms with Crippen LogP contribution in [-0.4, -0.2) is 8.42 Å². The molecule has 0 radical (unpaired) electrons. The summed E-state index contributed by atoms with van der Waals surface area (Å²) < 4.78 is 28.4. The third kappa shape index (κ3) is 3.67. The van der Waals surface area contributed by atoms with E-state index in [1.165, 1.54) is 11.3 Å². The number of halogens is 1. The van der Waals surface area contributed by atoms with Crippen molar-refractivity contribution in [2.24, 2.45) is 5.73 Å². The summed E-state index contributed by atoms with van der Waals surface area (Å²) >= 11 is 4.55. The van der Waals surface area contributed by atoms with Crippen LogP contribution in [0.4, 0.5) is 0 Å². The van der Waals surface area contributed by atoms with Gasteiger partial charge in [-0.15, -0.1) is 11.3 Å². The SMILES string of the molecule is CC(NS(=O)(=O)c1ccc(CN)s1)c1ccc(Br)cc1. The summed E-state index contributed by atoms with van der Waals surface area (Å²) in [6.07, 6.45) is 0. The van der Waals surface area contributed by atoms with Crippen LogP contribution < -0.4 is 10.5 Å². The second-order valence-corrected chi connectivity index (χ2v) is 8.34. The van der Waals surface area contributed by atoms with Crippen LogP contribution in [0.5, 0.6) is 0 Å². The molecule has 0 saturated carbocycles. The van der Waals surface area contributed by atoms with Crippen LogP contribution in [-0.2, 0) is 16.6 Å². The third-order valence-electron chi connectivity index (χ3n) is 2.80. The molecule has 7 heteroatoms. The molecule has 1 heterocycles. The van der Waals surface area contributed by atoms with Crippen LogP contribution in [0.15, 0.2) is 45.1 Å². The smallest absolute Gasteiger partial charge is 0.250 e. The van der Waals surface area contributed by atoms with E-state index in [-0.39, 0.29) is 6.04 Å². The molecule has 1 aromatic heterocycles. The highest BCUT2D eigenvalue weighted by Gasteiger charge is 2.20. The summed E-state index contributed by atoms with van der Waals surface area (Å²) in [6.45, 7) is 2.17. The Morgan fingerprint density at radius 3 is 2.45 bits per heavy atom. The van der Waals surface area contributed by atoms with Crippen molar-refractivity contribution in [3.8, 4) is 0 Å². The lowest BCUT2D eigenvalue weighted by Gasteiger charge is -2.13. The Kier molecular flexibility index (Phi) is 4.98. The van der Waals surface area contributed by atoms with Crippen LogP contribution in [0.2, 0.25) is 0 Å². The van der Waals surface area contributed by atoms with Gasteiger partial charge in [-0.05, 0) is 36.8 Å². The van der Waals surface area contributed by atoms with Crippen molar-refractivity contribution < 1.29 is 8.42 Å². The lowest BCUT2D eigenvalue weighted by atomic mass is 10.1. The van der Waals surface area contributed by atoms with Gasteiger partial charge in [0.1, 0.15) is 4.21 Å². The Balaban J connectivity index is 2.17. The van der Waals surface area contributed by atoms with E-state index >= 15 is 0 Å². The first-order valence-electron chi connectivity index (χ1n) is 5.99. The van der Waals surface area contributed by atoms with Crippen LogP contribution >= 0.6 is 27.3 Å². The second-order valence-electron chi connectivity index (χ2n) is 4.32. The number of rotatable bonds is 5. The van der Waals surface area contributed by atoms with Gasteiger partial charge in [0.2, 0.25) is 0 Å². The fraction of sp³-hybridized carbons (Fsp3) is 0.231. The first-order valence-corrected chi connectivity index (χ1v) is 9.08. The molecule has 1 unspecified atom stereocenters. The lowest BCUT2D eigenvalue weighted by Crippen LogP contribution is -2.26. The molecule has 0 fully saturated rings. The van der Waals surface area contributed by atoms with E-state index in [4.69, 9.17) is 5.73 Å². The molecule has 2 rings (SSSR count). The Hall–Kier alpha value is -0.730. The number of benzene rings is 1. The predicted molar refractivity (Wildman–Crippen MR) is 85.1 cm³/mol. The van der Waals surface area contributed by atoms with Crippen molar-refractivity contribution >= 4 is 37.3 Å². The summed E-state index contributed by atoms with van der Waals surface area (Å²) in [7, 11) is -3.51. The van der Waals surface area contributed by atoms with Gasteiger partial charge in [0, 0.05) is 21.9 Å². The van der Waals surface area contributed by atoms with Crippen molar-refractivity contribution in [1.29, 1.82) is 0 Å². The maximum absolute atomic E-state index is 12.3. The minimum atomic E-state index is -3.51. The average molecular weight is 375 g/mol. The summed E-state index contributed by atoms with van der Waals surface area (Å²) in [5, 5.41) is 0. The Morgan fingerprint density at radius 1 is 1.25 bits per heavy atom. The van der Waals surface area contributed by atoms with Gasteiger partial charge in [0.15, 0.2) is 0 Å². The highest BCUT2D eigenvalue weighted by molar-refractivity contribution is 9.10. The van der Waals surface area contributed by atoms with E-state index in [1.54, 1.807) is 12.1 Å². The lowest BCUT2D eigenvalue weighted by molar-refractivity contribution is 0.569. The zero-order valence-electron chi connectivity index (χ0n) is 10.8. The van der Waals surface area contributed by atoms with E-state index in [9.17, 15) is 8.42 Å². The third-order valence-corrected chi connectivity index (χ3v) is 6.47. The number of nitrogens with one attached hydrogen (secondary N) is 1. The first-order chi connectivity index (χ1) is 9.42. The van der Waals surface area contributed by atoms with E-state index in [0.717, 1.165) is 14.9 Å². The Labute approximate surface area is 131 Å². The second kappa shape index (κ2) is 6.36. The zero-order valence-corrected chi connectivity index (χ0v) is 14.1. The normalized spacial score (nSPS) is 13.3. The summed E-state index contributed by atoms with van der Waals surface area (Å²) in [5.74, 6) is 0. The summed E-state index contributed by atoms with van der Waals surface area (Å²) in [5.41, 5.74) is 6.41. The Bertz CT molecular complexity index is 681. The van der Waals surface area contributed by atoms with E-state index in [0.29, 0.717) is 10.8 Å². The molecule has 2 aromatic rings. The number of thiophene rings is 1. The summed E-state index contributed by atoms with van der Waals surface area (Å²) in [4.78, 5) is 0.849. The van der Waals surface area contributed by atoms with Crippen molar-refractivity contribution in [1.82, 2.24) is 4.72 Å². The van der Waals surface area contributed by atoms with Gasteiger partial charge in [-0.2, -0.15) is 0 Å². The zero-order chi connectivity index (χ0) is 14.8. The number of nitrogens with two attached hydrogens (primary N) is 1. The van der Waals surface area contributed by atoms with Gasteiger partial charge in [-0.25, -0.2) is 13.1 Å². The maximum Gasteiger partial charge on any atom is 0.250 e. The quantitative estimate of drug-likeness (QED) is 0.844. The molecular weight excluding hydrogens is 360 g/mol. The minimum absolute atomic E-state index is 0.293. The molecule has 108 valence electrons. The highest BCUT2D eigenvalue weighted by Crippen LogP contribution is 2.24. The molecule has 0 aliphatic rings. The minimum Gasteiger partial charge on any atom is -0.326 e. The van der Waals surface area contributed by atoms with E-state index in [2.05, 4.69) is 20.7 Å². The average Bonchev–Trinajstić information content (AvgIpc) is 2.88. The topological polar surface area (TPSA) is 72.2 Å². The molecule has 0 bridgehead atoms. The molecule has 4 nitrogen and oxygen atoms in total. The molecule has 0 saturated heterocycles. The van der Waals surface area contributed by atoms with Crippen molar-refractivity contribution in [3.63, 3.8) is 0 Å². The maximum atomic E-state index is 12.3. The van der Waals surface area contributed by atoms with Crippen molar-refractivity contribution in [3.05, 3.63) is 51.3 Å². The van der Waals surface area contributed by atoms with Crippen LogP contribution in [0.25, 0.3) is 0 Å². The van der Waals surface area contributed by atoms with Gasteiger partial charge < -0.3 is 5.73 Å². The predicted octanol–water partition coefficient (Wildman–Crippen LogP) is 3.01. The van der Waals surface area contributed by atoms with Gasteiger partial charge in [-0.1, -0.05) is 28.1 Å². The van der Waals surface area contributed by atoms with Gasteiger partial charge >= 0.3 is 0 Å². The standard InChI is InChI=1S/C13H15BrN2O2S2/c1-9(10-2-4-11(14)5-3-10)16-20(17,18)13-7-6-12(8-15)19-13/h2-7,9,16H,8,15H2,1H3. The molecule has 0 aliphatic carbocycles. The van der Waals surface area contributed by atoms with Crippen LogP contribution in [0, 0.1) is 0 Å². The molecule has 20 heavy (non-hydrogen) atoms. The van der Waals surface area contributed by atoms with E-state index < -0.39 is 10.0 Å². The molecule has 1 aromatic carbocycles. The largest absolute Gasteiger partial charge is 0.326 e. The highest BCUT2D eigenvalue weighted by atomic mass is 79.9. The fourth-order valence-electron chi connectivity index (χ4n) is 1.72. The number of sulfonamides is 1. The van der Waals surface area contributed by atoms with Crippen LogP contribution in [0.1, 0.15) is 23.4 Å². The van der Waals surface area contributed by atoms with Crippen molar-refractivity contribution in [2.75, 3.05) is 0 Å². The molecule has 0 amide bonds. The molecule has 0 spiro atoms. The molecule has 3 N–H and O–H groups in total.